The monoisotopic (exact) mass is 597 g/mol. The van der Waals surface area contributed by atoms with E-state index in [0.717, 1.165) is 27.3 Å². The molecule has 1 heterocycles. The van der Waals surface area contributed by atoms with Crippen molar-refractivity contribution in [1.29, 1.82) is 0 Å². The Labute approximate surface area is 237 Å². The van der Waals surface area contributed by atoms with Gasteiger partial charge in [0.1, 0.15) is 0 Å². The number of aliphatic hydroxyl groups excluding tert-OH is 1. The van der Waals surface area contributed by atoms with E-state index >= 15 is 0 Å². The third-order valence-electron chi connectivity index (χ3n) is 7.06. The van der Waals surface area contributed by atoms with Crippen LogP contribution < -0.4 is 4.74 Å². The Kier molecular flexibility index (Phi) is 10.2. The number of rotatable bonds is 12. The number of benzene rings is 3. The Hall–Kier alpha value is -3.16. The van der Waals surface area contributed by atoms with Gasteiger partial charge in [0.25, 0.3) is 0 Å². The second-order valence-corrected chi connectivity index (χ2v) is 11.1. The number of imide groups is 1. The second kappa shape index (κ2) is 13.8. The van der Waals surface area contributed by atoms with Crippen LogP contribution in [0.1, 0.15) is 34.9 Å². The zero-order chi connectivity index (χ0) is 27.8. The fourth-order valence-corrected chi connectivity index (χ4v) is 5.51. The molecule has 206 valence electrons. The average Bonchev–Trinajstić information content (AvgIpc) is 3.34. The van der Waals surface area contributed by atoms with Crippen molar-refractivity contribution in [3.63, 3.8) is 0 Å². The van der Waals surface area contributed by atoms with Crippen LogP contribution in [0.3, 0.4) is 0 Å². The van der Waals surface area contributed by atoms with Gasteiger partial charge in [-0.05, 0) is 0 Å². The molecule has 1 aliphatic rings. The number of aliphatic hydroxyl groups is 1. The molecule has 1 aliphatic heterocycles. The third kappa shape index (κ3) is 7.49. The van der Waals surface area contributed by atoms with Crippen molar-refractivity contribution < 1.29 is 28.9 Å². The van der Waals surface area contributed by atoms with Crippen molar-refractivity contribution >= 4 is 28.0 Å². The van der Waals surface area contributed by atoms with E-state index in [2.05, 4.69) is 16.0 Å². The van der Waals surface area contributed by atoms with Gasteiger partial charge in [-0.2, -0.15) is 0 Å². The van der Waals surface area contributed by atoms with Crippen LogP contribution in [-0.2, 0) is 27.3 Å². The predicted octanol–water partition coefficient (Wildman–Crippen LogP) is 4.20. The molecule has 3 aromatic rings. The molecule has 39 heavy (non-hydrogen) atoms. The molecule has 3 aromatic carbocycles. The molecule has 0 aliphatic carbocycles. The fourth-order valence-electron chi connectivity index (χ4n) is 4.72. The van der Waals surface area contributed by atoms with Crippen LogP contribution in [0.15, 0.2) is 84.9 Å². The van der Waals surface area contributed by atoms with Crippen LogP contribution in [-0.4, -0.2) is 70.0 Å². The number of carbonyl (C=O) groups is 2. The summed E-state index contributed by atoms with van der Waals surface area (Å²) in [5.41, 5.74) is 3.01. The predicted molar refractivity (Wildman–Crippen MR) is 150 cm³/mol. The number of nitrogens with zero attached hydrogens (tertiary/aromatic N) is 1. The first-order valence-electron chi connectivity index (χ1n) is 13.1. The summed E-state index contributed by atoms with van der Waals surface area (Å²) >= 11 is 2.63. The molecule has 1 fully saturated rings. The molecule has 1 N–H and O–H groups in total. The summed E-state index contributed by atoms with van der Waals surface area (Å²) in [4.78, 5) is 27.4. The molecule has 7 nitrogen and oxygen atoms in total. The molecule has 0 bridgehead atoms. The summed E-state index contributed by atoms with van der Waals surface area (Å²) < 4.78 is 16.7. The van der Waals surface area contributed by atoms with Crippen molar-refractivity contribution in [2.24, 2.45) is 5.92 Å². The molecule has 0 spiro atoms. The molecule has 0 aromatic heterocycles. The summed E-state index contributed by atoms with van der Waals surface area (Å²) in [5.74, 6) is -0.608. The summed E-state index contributed by atoms with van der Waals surface area (Å²) in [7, 11) is 1.61. The Morgan fingerprint density at radius 3 is 2.31 bits per heavy atom. The van der Waals surface area contributed by atoms with Crippen LogP contribution in [0.4, 0.5) is 4.79 Å². The van der Waals surface area contributed by atoms with Gasteiger partial charge in [-0.3, -0.25) is 0 Å². The molecule has 8 heteroatoms. The number of hydrogen-bond donors (Lipinski definition) is 1. The zero-order valence-electron chi connectivity index (χ0n) is 22.2. The first-order valence-corrected chi connectivity index (χ1v) is 14.1. The van der Waals surface area contributed by atoms with Gasteiger partial charge < -0.3 is 0 Å². The molecular formula is C31H35NO6Se. The van der Waals surface area contributed by atoms with Gasteiger partial charge in [0.2, 0.25) is 0 Å². The maximum atomic E-state index is 13.6. The van der Waals surface area contributed by atoms with Gasteiger partial charge >= 0.3 is 232 Å². The molecule has 2 amide bonds. The minimum absolute atomic E-state index is 0.0131. The number of cyclic esters (lactones) is 1. The molecule has 4 rings (SSSR count). The van der Waals surface area contributed by atoms with Crippen LogP contribution in [0.5, 0.6) is 5.75 Å². The van der Waals surface area contributed by atoms with E-state index in [1.54, 1.807) is 14.0 Å². The first kappa shape index (κ1) is 28.8. The molecular weight excluding hydrogens is 561 g/mol. The topological polar surface area (TPSA) is 85.3 Å². The van der Waals surface area contributed by atoms with Crippen molar-refractivity contribution in [3.05, 3.63) is 102 Å². The van der Waals surface area contributed by atoms with Crippen molar-refractivity contribution in [2.45, 2.75) is 49.4 Å². The van der Waals surface area contributed by atoms with Gasteiger partial charge in [-0.25, -0.2) is 0 Å². The summed E-state index contributed by atoms with van der Waals surface area (Å²) in [6.45, 7) is 2.02. The molecule has 0 saturated carbocycles. The molecule has 5 atom stereocenters. The number of ether oxygens (including phenoxy) is 3. The van der Waals surface area contributed by atoms with E-state index in [-0.39, 0.29) is 18.0 Å². The molecule has 0 radical (unpaired) electrons. The van der Waals surface area contributed by atoms with E-state index in [1.807, 2.05) is 84.9 Å². The van der Waals surface area contributed by atoms with Gasteiger partial charge in [-0.15, -0.1) is 0 Å². The number of carbonyl (C=O) groups excluding carboxylic acids is 2. The van der Waals surface area contributed by atoms with Gasteiger partial charge in [0.15, 0.2) is 0 Å². The second-order valence-electron chi connectivity index (χ2n) is 9.77. The zero-order valence-corrected chi connectivity index (χ0v) is 24.1. The summed E-state index contributed by atoms with van der Waals surface area (Å²) in [6, 6.07) is 26.7. The van der Waals surface area contributed by atoms with Crippen LogP contribution in [0.25, 0.3) is 0 Å². The van der Waals surface area contributed by atoms with Crippen molar-refractivity contribution in [1.82, 2.24) is 4.90 Å². The maximum absolute atomic E-state index is 13.6. The normalized spacial score (nSPS) is 18.2. The minimum atomic E-state index is -1.14. The summed E-state index contributed by atoms with van der Waals surface area (Å²) in [5, 5.41) is 11.5. The van der Waals surface area contributed by atoms with E-state index in [0.29, 0.717) is 12.8 Å². The van der Waals surface area contributed by atoms with Crippen LogP contribution in [0, 0.1) is 5.92 Å². The van der Waals surface area contributed by atoms with E-state index in [9.17, 15) is 14.7 Å². The van der Waals surface area contributed by atoms with E-state index < -0.39 is 36.2 Å². The van der Waals surface area contributed by atoms with Crippen LogP contribution in [0.2, 0.25) is 0 Å². The summed E-state index contributed by atoms with van der Waals surface area (Å²) in [6.07, 6.45) is -1.52. The van der Waals surface area contributed by atoms with Gasteiger partial charge in [0, 0.05) is 0 Å². The standard InChI is InChI=1S/C31H35NO6Se/c1-21(30(34)32-25(20-38-31(32)35)17-22-9-5-3-6-10-22)29(33)27(18-28(39)24-11-7-4-8-12-24)37-19-23-13-15-26(36-2)16-14-23/h3-16,21,25,27-29,33,39H,17-20H2,1-2H3/t21-,25-,27-,28?,29-/m1/s1. The fraction of sp³-hybridized carbons (Fsp3) is 0.355. The van der Waals surface area contributed by atoms with Crippen molar-refractivity contribution in [3.8, 4) is 5.75 Å². The molecule has 1 unspecified atom stereocenters. The Balaban J connectivity index is 1.49. The van der Waals surface area contributed by atoms with Crippen molar-refractivity contribution in [2.75, 3.05) is 13.7 Å². The number of methoxy groups -OCH3 is 1. The van der Waals surface area contributed by atoms with Gasteiger partial charge in [-0.1, -0.05) is 6.07 Å². The Morgan fingerprint density at radius 1 is 1.03 bits per heavy atom. The quantitative estimate of drug-likeness (QED) is 0.316. The van der Waals surface area contributed by atoms with Crippen LogP contribution >= 0.6 is 0 Å². The number of hydrogen-bond acceptors (Lipinski definition) is 6. The van der Waals surface area contributed by atoms with Gasteiger partial charge in [0.05, 0.1) is 0 Å². The van der Waals surface area contributed by atoms with E-state index in [4.69, 9.17) is 14.2 Å². The Morgan fingerprint density at radius 2 is 1.67 bits per heavy atom. The third-order valence-corrected chi connectivity index (χ3v) is 8.13. The number of amides is 2. The first-order chi connectivity index (χ1) is 18.9. The SMILES string of the molecule is COc1ccc(CO[C@H](CC([SeH])c2ccccc2)[C@H](O)[C@@H](C)C(=O)N2C(=O)OC[C@H]2Cc2ccccc2)cc1. The Bertz CT molecular complexity index is 1210. The average molecular weight is 597 g/mol. The van der Waals surface area contributed by atoms with E-state index in [1.165, 1.54) is 0 Å². The molecule has 1 saturated heterocycles.